The van der Waals surface area contributed by atoms with Crippen molar-refractivity contribution in [3.63, 3.8) is 0 Å². The van der Waals surface area contributed by atoms with Gasteiger partial charge in [-0.05, 0) is 94.2 Å². The third-order valence-electron chi connectivity index (χ3n) is 14.2. The first-order valence-corrected chi connectivity index (χ1v) is 25.4. The summed E-state index contributed by atoms with van der Waals surface area (Å²) in [6.45, 7) is 1.19. The van der Waals surface area contributed by atoms with Gasteiger partial charge in [0, 0.05) is 75.9 Å². The smallest absolute Gasteiger partial charge is 0.247 e. The Morgan fingerprint density at radius 2 is 1.50 bits per heavy atom. The molecule has 15 nitrogen and oxygen atoms in total. The first-order chi connectivity index (χ1) is 35.4. The van der Waals surface area contributed by atoms with Crippen molar-refractivity contribution in [1.29, 1.82) is 0 Å². The normalized spacial score (nSPS) is 21.8. The predicted octanol–water partition coefficient (Wildman–Crippen LogP) is 7.33. The molecule has 0 spiro atoms. The van der Waals surface area contributed by atoms with Crippen LogP contribution in [0, 0.1) is 17.6 Å². The van der Waals surface area contributed by atoms with Crippen molar-refractivity contribution in [2.45, 2.75) is 102 Å². The van der Waals surface area contributed by atoms with Crippen LogP contribution in [0.4, 0.5) is 8.78 Å². The number of benzene rings is 4. The minimum atomic E-state index is -1.41. The molecule has 18 heteroatoms. The van der Waals surface area contributed by atoms with Gasteiger partial charge in [0.05, 0.1) is 49.1 Å². The fourth-order valence-corrected chi connectivity index (χ4v) is 10.1. The predicted molar refractivity (Wildman–Crippen MR) is 278 cm³/mol. The summed E-state index contributed by atoms with van der Waals surface area (Å²) in [5.41, 5.74) is 3.01. The van der Waals surface area contributed by atoms with Crippen LogP contribution in [-0.2, 0) is 61.7 Å². The molecule has 0 radical (unpaired) electrons. The third kappa shape index (κ3) is 13.7. The summed E-state index contributed by atoms with van der Waals surface area (Å²) < 4.78 is 45.3. The standard InChI is InChI=1S/C56H67ClF2N8O7/c1-35-54(70)62-47(34-73-7)56(72)64(4)42(26-37-17-21-40(57)22-18-37)30-52(68)61-46-15-11-12-16-48(46)66(6)55(71)39(25-36-13-9-8-10-14-36)27-53(69)67(35)32-44-45(59)28-41(58)29-50(44)74-43-23-19-38(20-24-43)49-31-60-51(65(49)5)33-63(2)3/h8-10,13-14,17-24,28-29,31,35,39,42,46-48H,11-12,15-16,25-27,30,32-34H2,1-7H3,(H,61,68)(H,62,70)/t35?,39-,42+,46+,47+,48+/m1/s1. The molecule has 1 unspecified atom stereocenters. The van der Waals surface area contributed by atoms with E-state index in [4.69, 9.17) is 21.1 Å². The Morgan fingerprint density at radius 1 is 0.811 bits per heavy atom. The summed E-state index contributed by atoms with van der Waals surface area (Å²) in [5, 5.41) is 6.49. The highest BCUT2D eigenvalue weighted by Gasteiger charge is 2.39. The maximum absolute atomic E-state index is 16.4. The lowest BCUT2D eigenvalue weighted by Crippen LogP contribution is -2.58. The highest BCUT2D eigenvalue weighted by atomic mass is 35.5. The monoisotopic (exact) mass is 1040 g/mol. The number of imidazole rings is 1. The van der Waals surface area contributed by atoms with E-state index >= 15 is 18.4 Å². The fourth-order valence-electron chi connectivity index (χ4n) is 9.99. The van der Waals surface area contributed by atoms with Crippen LogP contribution in [-0.4, -0.2) is 131 Å². The molecule has 1 aliphatic heterocycles. The molecule has 7 rings (SSSR count). The number of hydrogen-bond acceptors (Lipinski definition) is 9. The van der Waals surface area contributed by atoms with Gasteiger partial charge in [0.1, 0.15) is 41.0 Å². The van der Waals surface area contributed by atoms with Crippen molar-refractivity contribution in [2.75, 3.05) is 41.9 Å². The summed E-state index contributed by atoms with van der Waals surface area (Å²) >= 11 is 6.22. The summed E-state index contributed by atoms with van der Waals surface area (Å²) in [6, 6.07) is 20.6. The summed E-state index contributed by atoms with van der Waals surface area (Å²) in [5.74, 6) is -4.82. The number of ether oxygens (including phenoxy) is 2. The average Bonchev–Trinajstić information content (AvgIpc) is 3.73. The van der Waals surface area contributed by atoms with Crippen molar-refractivity contribution in [2.24, 2.45) is 13.0 Å². The number of hydrogen-bond donors (Lipinski definition) is 2. The highest BCUT2D eigenvalue weighted by Crippen LogP contribution is 2.33. The van der Waals surface area contributed by atoms with Crippen molar-refractivity contribution < 1.29 is 42.2 Å². The number of aromatic nitrogens is 2. The summed E-state index contributed by atoms with van der Waals surface area (Å²) in [7, 11) is 10.4. The van der Waals surface area contributed by atoms with E-state index in [1.54, 1.807) is 61.6 Å². The van der Waals surface area contributed by atoms with E-state index in [0.29, 0.717) is 30.5 Å². The Hall–Kier alpha value is -6.69. The number of halogens is 3. The molecule has 2 aliphatic rings. The Labute approximate surface area is 437 Å². The second kappa shape index (κ2) is 25.0. The maximum atomic E-state index is 16.4. The van der Waals surface area contributed by atoms with Crippen LogP contribution in [0.15, 0.2) is 97.2 Å². The lowest BCUT2D eigenvalue weighted by atomic mass is 9.87. The molecule has 5 aromatic rings. The molecule has 2 fully saturated rings. The van der Waals surface area contributed by atoms with Gasteiger partial charge in [-0.2, -0.15) is 0 Å². The molecule has 2 N–H and O–H groups in total. The number of carbonyl (C=O) groups excluding carboxylic acids is 5. The van der Waals surface area contributed by atoms with Gasteiger partial charge in [0.2, 0.25) is 29.5 Å². The van der Waals surface area contributed by atoms with Gasteiger partial charge in [-0.25, -0.2) is 13.8 Å². The number of nitrogens with zero attached hydrogens (tertiary/aromatic N) is 6. The number of fused-ring (bicyclic) bond motifs is 1. The molecule has 1 saturated heterocycles. The zero-order valence-corrected chi connectivity index (χ0v) is 43.9. The molecule has 6 atom stereocenters. The molecular formula is C56H67ClF2N8O7. The molecule has 1 saturated carbocycles. The quantitative estimate of drug-likeness (QED) is 0.123. The average molecular weight is 1040 g/mol. The van der Waals surface area contributed by atoms with Gasteiger partial charge in [-0.1, -0.05) is 66.9 Å². The van der Waals surface area contributed by atoms with Crippen molar-refractivity contribution >= 4 is 41.1 Å². The van der Waals surface area contributed by atoms with Gasteiger partial charge < -0.3 is 44.3 Å². The molecule has 394 valence electrons. The Kier molecular flexibility index (Phi) is 18.6. The Balaban J connectivity index is 1.27. The lowest BCUT2D eigenvalue weighted by molar-refractivity contribution is -0.147. The zero-order valence-electron chi connectivity index (χ0n) is 43.2. The van der Waals surface area contributed by atoms with Gasteiger partial charge in [0.15, 0.2) is 0 Å². The number of methoxy groups -OCH3 is 1. The largest absolute Gasteiger partial charge is 0.457 e. The van der Waals surface area contributed by atoms with Gasteiger partial charge in [-0.15, -0.1) is 0 Å². The fraction of sp³-hybridized carbons (Fsp3) is 0.429. The SMILES string of the molecule is COC[C@@H]1NC(=O)C(C)N(Cc2c(F)cc(F)cc2Oc2ccc(-c3cnc(CN(C)C)n3C)cc2)C(=O)C[C@@H](Cc2ccccc2)C(=O)N(C)[C@H]2CCCC[C@@H]2NC(=O)C[C@H](Cc2ccc(Cl)cc2)N(C)C1=O. The van der Waals surface area contributed by atoms with E-state index in [1.165, 1.54) is 18.9 Å². The first-order valence-electron chi connectivity index (χ1n) is 25.0. The number of carbonyl (C=O) groups is 5. The second-order valence-corrected chi connectivity index (χ2v) is 20.2. The van der Waals surface area contributed by atoms with Gasteiger partial charge in [-0.3, -0.25) is 24.0 Å². The Morgan fingerprint density at radius 3 is 2.19 bits per heavy atom. The third-order valence-corrected chi connectivity index (χ3v) is 14.5. The van der Waals surface area contributed by atoms with Crippen LogP contribution in [0.25, 0.3) is 11.3 Å². The molecular weight excluding hydrogens is 970 g/mol. The second-order valence-electron chi connectivity index (χ2n) is 19.8. The van der Waals surface area contributed by atoms with Gasteiger partial charge in [0.25, 0.3) is 0 Å². The minimum Gasteiger partial charge on any atom is -0.457 e. The van der Waals surface area contributed by atoms with Crippen LogP contribution < -0.4 is 15.4 Å². The minimum absolute atomic E-state index is 0.102. The highest BCUT2D eigenvalue weighted by molar-refractivity contribution is 6.30. The molecule has 1 aliphatic carbocycles. The topological polar surface area (TPSA) is 159 Å². The number of amides is 5. The van der Waals surface area contributed by atoms with E-state index < -0.39 is 78.4 Å². The van der Waals surface area contributed by atoms with Crippen LogP contribution in [0.5, 0.6) is 11.5 Å². The molecule has 1 aromatic heterocycles. The van der Waals surface area contributed by atoms with E-state index in [0.717, 1.165) is 52.0 Å². The van der Waals surface area contributed by atoms with Gasteiger partial charge >= 0.3 is 0 Å². The van der Waals surface area contributed by atoms with Crippen LogP contribution in [0.2, 0.25) is 5.02 Å². The summed E-state index contributed by atoms with van der Waals surface area (Å²) in [6.07, 6.45) is 4.44. The molecule has 2 heterocycles. The first kappa shape index (κ1) is 55.1. The van der Waals surface area contributed by atoms with Crippen molar-refractivity contribution in [1.82, 2.24) is 39.8 Å². The molecule has 4 aromatic carbocycles. The van der Waals surface area contributed by atoms with Crippen LogP contribution in [0.3, 0.4) is 0 Å². The van der Waals surface area contributed by atoms with E-state index in [9.17, 15) is 14.4 Å². The maximum Gasteiger partial charge on any atom is 0.247 e. The number of nitrogens with one attached hydrogen (secondary N) is 2. The van der Waals surface area contributed by atoms with Crippen molar-refractivity contribution in [3.8, 4) is 22.8 Å². The molecule has 0 bridgehead atoms. The van der Waals surface area contributed by atoms with Crippen molar-refractivity contribution in [3.05, 3.63) is 136 Å². The number of rotatable bonds is 13. The van der Waals surface area contributed by atoms with Crippen LogP contribution in [0.1, 0.15) is 68.0 Å². The molecule has 5 amide bonds. The van der Waals surface area contributed by atoms with E-state index in [-0.39, 0.29) is 54.7 Å². The van der Waals surface area contributed by atoms with Crippen LogP contribution >= 0.6 is 11.6 Å². The van der Waals surface area contributed by atoms with E-state index in [2.05, 4.69) is 15.6 Å². The van der Waals surface area contributed by atoms with E-state index in [1.807, 2.05) is 73.1 Å². The lowest BCUT2D eigenvalue weighted by Gasteiger charge is -2.40. The molecule has 74 heavy (non-hydrogen) atoms. The zero-order chi connectivity index (χ0) is 53.2. The Bertz CT molecular complexity index is 2760. The summed E-state index contributed by atoms with van der Waals surface area (Å²) in [4.78, 5) is 84.3. The number of likely N-dealkylation sites (N-methyl/N-ethyl adjacent to an activating group) is 2.